The van der Waals surface area contributed by atoms with E-state index in [2.05, 4.69) is 11.7 Å². The minimum atomic E-state index is -4.10. The van der Waals surface area contributed by atoms with Gasteiger partial charge in [-0.15, -0.1) is 0 Å². The standard InChI is InChI=1S/C37H33F9O2/c1-2-3-4-5-6-9-24-12-14-26(15-13-24)36(43,44)47-28-18-16-27(17-19-28)37(45,46)48-29-22-31(38)30(32(39)23-29)11-8-7-10-25-20-33(40)35(42)34(41)21-25/h7,10,12-23H,2-6,8-9,11H2,1H3. The molecule has 0 aromatic heterocycles. The molecule has 0 bridgehead atoms. The van der Waals surface area contributed by atoms with Gasteiger partial charge in [0.2, 0.25) is 0 Å². The van der Waals surface area contributed by atoms with Crippen molar-refractivity contribution in [2.24, 2.45) is 0 Å². The fourth-order valence-corrected chi connectivity index (χ4v) is 4.92. The summed E-state index contributed by atoms with van der Waals surface area (Å²) < 4.78 is 138. The second-order valence-corrected chi connectivity index (χ2v) is 11.2. The van der Waals surface area contributed by atoms with Crippen LogP contribution in [-0.4, -0.2) is 0 Å². The van der Waals surface area contributed by atoms with E-state index >= 15 is 0 Å². The Hall–Kier alpha value is -4.41. The highest BCUT2D eigenvalue weighted by atomic mass is 19.3. The Morgan fingerprint density at radius 3 is 1.67 bits per heavy atom. The number of benzene rings is 4. The molecule has 0 aliphatic rings. The Labute approximate surface area is 272 Å². The molecule has 0 saturated carbocycles. The molecular weight excluding hydrogens is 647 g/mol. The molecule has 0 amide bonds. The number of rotatable bonds is 16. The lowest BCUT2D eigenvalue weighted by molar-refractivity contribution is -0.187. The van der Waals surface area contributed by atoms with Crippen LogP contribution in [0.2, 0.25) is 0 Å². The van der Waals surface area contributed by atoms with Gasteiger partial charge in [-0.3, -0.25) is 0 Å². The highest BCUT2D eigenvalue weighted by Gasteiger charge is 2.37. The van der Waals surface area contributed by atoms with Crippen LogP contribution in [0.4, 0.5) is 39.5 Å². The van der Waals surface area contributed by atoms with Crippen molar-refractivity contribution in [3.8, 4) is 11.5 Å². The van der Waals surface area contributed by atoms with E-state index in [9.17, 15) is 39.5 Å². The smallest absolute Gasteiger partial charge is 0.426 e. The summed E-state index contributed by atoms with van der Waals surface area (Å²) in [6, 6.07) is 11.7. The van der Waals surface area contributed by atoms with Gasteiger partial charge in [0.05, 0.1) is 11.1 Å². The number of aryl methyl sites for hydroxylation is 1. The van der Waals surface area contributed by atoms with Crippen LogP contribution in [0.5, 0.6) is 11.5 Å². The molecule has 0 saturated heterocycles. The zero-order valence-corrected chi connectivity index (χ0v) is 26.0. The highest BCUT2D eigenvalue weighted by molar-refractivity contribution is 5.49. The van der Waals surface area contributed by atoms with E-state index in [1.807, 2.05) is 0 Å². The normalized spacial score (nSPS) is 12.1. The zero-order valence-electron chi connectivity index (χ0n) is 26.0. The summed E-state index contributed by atoms with van der Waals surface area (Å²) in [6.45, 7) is 2.12. The molecule has 0 radical (unpaired) electrons. The van der Waals surface area contributed by atoms with Crippen molar-refractivity contribution in [3.63, 3.8) is 0 Å². The van der Waals surface area contributed by atoms with Crippen LogP contribution in [0.1, 0.15) is 73.3 Å². The van der Waals surface area contributed by atoms with Crippen LogP contribution in [0.15, 0.2) is 78.9 Å². The summed E-state index contributed by atoms with van der Waals surface area (Å²) in [6.07, 6.45) is 0.665. The van der Waals surface area contributed by atoms with E-state index in [0.29, 0.717) is 12.1 Å². The van der Waals surface area contributed by atoms with Gasteiger partial charge in [0.25, 0.3) is 0 Å². The van der Waals surface area contributed by atoms with Gasteiger partial charge < -0.3 is 9.47 Å². The van der Waals surface area contributed by atoms with Crippen molar-refractivity contribution >= 4 is 6.08 Å². The van der Waals surface area contributed by atoms with Gasteiger partial charge in [0, 0.05) is 17.7 Å². The molecule has 2 nitrogen and oxygen atoms in total. The minimum absolute atomic E-state index is 0.0111. The average Bonchev–Trinajstić information content (AvgIpc) is 3.03. The number of hydrogen-bond acceptors (Lipinski definition) is 2. The lowest BCUT2D eigenvalue weighted by Gasteiger charge is -2.21. The summed E-state index contributed by atoms with van der Waals surface area (Å²) in [7, 11) is 0. The quantitative estimate of drug-likeness (QED) is 0.0666. The fourth-order valence-electron chi connectivity index (χ4n) is 4.92. The van der Waals surface area contributed by atoms with Crippen molar-refractivity contribution in [1.29, 1.82) is 0 Å². The first-order valence-corrected chi connectivity index (χ1v) is 15.4. The van der Waals surface area contributed by atoms with Crippen molar-refractivity contribution in [1.82, 2.24) is 0 Å². The molecule has 4 aromatic rings. The largest absolute Gasteiger partial charge is 0.429 e. The van der Waals surface area contributed by atoms with Crippen LogP contribution >= 0.6 is 0 Å². The fraction of sp³-hybridized carbons (Fsp3) is 0.297. The first-order chi connectivity index (χ1) is 22.8. The van der Waals surface area contributed by atoms with E-state index in [-0.39, 0.29) is 18.4 Å². The third-order valence-corrected chi connectivity index (χ3v) is 7.53. The second kappa shape index (κ2) is 16.1. The van der Waals surface area contributed by atoms with Crippen LogP contribution in [-0.2, 0) is 25.1 Å². The summed E-state index contributed by atoms with van der Waals surface area (Å²) >= 11 is 0. The molecule has 256 valence electrons. The third-order valence-electron chi connectivity index (χ3n) is 7.53. The van der Waals surface area contributed by atoms with Gasteiger partial charge in [0.15, 0.2) is 17.5 Å². The lowest BCUT2D eigenvalue weighted by atomic mass is 10.0. The predicted octanol–water partition coefficient (Wildman–Crippen LogP) is 11.8. The van der Waals surface area contributed by atoms with Crippen LogP contribution in [0.3, 0.4) is 0 Å². The van der Waals surface area contributed by atoms with Gasteiger partial charge in [0.1, 0.15) is 23.1 Å². The second-order valence-electron chi connectivity index (χ2n) is 11.2. The number of alkyl halides is 4. The first kappa shape index (κ1) is 36.4. The monoisotopic (exact) mass is 680 g/mol. The maximum absolute atomic E-state index is 14.9. The molecule has 0 fully saturated rings. The van der Waals surface area contributed by atoms with E-state index in [1.165, 1.54) is 24.3 Å². The van der Waals surface area contributed by atoms with Crippen molar-refractivity contribution in [2.45, 2.75) is 70.5 Å². The minimum Gasteiger partial charge on any atom is -0.429 e. The van der Waals surface area contributed by atoms with Crippen LogP contribution < -0.4 is 9.47 Å². The van der Waals surface area contributed by atoms with Gasteiger partial charge >= 0.3 is 12.2 Å². The maximum atomic E-state index is 14.9. The molecule has 11 heteroatoms. The Bertz CT molecular complexity index is 1640. The van der Waals surface area contributed by atoms with Crippen molar-refractivity contribution < 1.29 is 49.0 Å². The maximum Gasteiger partial charge on any atom is 0.426 e. The average molecular weight is 681 g/mol. The molecule has 0 atom stereocenters. The number of unbranched alkanes of at least 4 members (excludes halogenated alkanes) is 4. The highest BCUT2D eigenvalue weighted by Crippen LogP contribution is 2.36. The Balaban J connectivity index is 1.34. The number of halogens is 9. The summed E-state index contributed by atoms with van der Waals surface area (Å²) in [5, 5.41) is 0. The molecule has 0 heterocycles. The number of hydrogen-bond donors (Lipinski definition) is 0. The van der Waals surface area contributed by atoms with Crippen LogP contribution in [0, 0.1) is 29.1 Å². The van der Waals surface area contributed by atoms with E-state index in [0.717, 1.165) is 80.5 Å². The Morgan fingerprint density at radius 1 is 0.583 bits per heavy atom. The van der Waals surface area contributed by atoms with Gasteiger partial charge in [-0.2, -0.15) is 17.6 Å². The van der Waals surface area contributed by atoms with E-state index in [4.69, 9.17) is 4.74 Å². The van der Waals surface area contributed by atoms with Crippen molar-refractivity contribution in [3.05, 3.63) is 136 Å². The SMILES string of the molecule is CCCCCCCc1ccc(C(F)(F)Oc2ccc(C(F)(F)Oc3cc(F)c(CCC=Cc4cc(F)c(F)c(F)c4)c(F)c3)cc2)cc1. The molecule has 0 aliphatic heterocycles. The molecule has 4 rings (SSSR count). The molecule has 48 heavy (non-hydrogen) atoms. The summed E-state index contributed by atoms with van der Waals surface area (Å²) in [5.41, 5.74) is -0.742. The number of ether oxygens (including phenoxy) is 2. The number of allylic oxidation sites excluding steroid dienone is 1. The van der Waals surface area contributed by atoms with E-state index < -0.39 is 69.5 Å². The predicted molar refractivity (Wildman–Crippen MR) is 164 cm³/mol. The van der Waals surface area contributed by atoms with Crippen LogP contribution in [0.25, 0.3) is 6.08 Å². The Kier molecular flexibility index (Phi) is 12.2. The third kappa shape index (κ3) is 9.81. The molecule has 0 spiro atoms. The lowest BCUT2D eigenvalue weighted by Crippen LogP contribution is -2.23. The molecule has 0 aliphatic carbocycles. The molecule has 0 unspecified atom stereocenters. The van der Waals surface area contributed by atoms with E-state index in [1.54, 1.807) is 12.1 Å². The molecule has 4 aromatic carbocycles. The van der Waals surface area contributed by atoms with Gasteiger partial charge in [-0.25, -0.2) is 22.0 Å². The Morgan fingerprint density at radius 2 is 1.10 bits per heavy atom. The summed E-state index contributed by atoms with van der Waals surface area (Å²) in [4.78, 5) is 0. The van der Waals surface area contributed by atoms with Gasteiger partial charge in [-0.1, -0.05) is 56.9 Å². The van der Waals surface area contributed by atoms with Crippen molar-refractivity contribution in [2.75, 3.05) is 0 Å². The molecule has 0 N–H and O–H groups in total. The molecular formula is C37H33F9O2. The van der Waals surface area contributed by atoms with Gasteiger partial charge in [-0.05, 0) is 85.3 Å². The topological polar surface area (TPSA) is 18.5 Å². The first-order valence-electron chi connectivity index (χ1n) is 15.4. The summed E-state index contributed by atoms with van der Waals surface area (Å²) in [5.74, 6) is -8.02. The zero-order chi connectivity index (χ0) is 34.9.